The van der Waals surface area contributed by atoms with Crippen molar-refractivity contribution in [3.8, 4) is 0 Å². The number of nitrogens with zero attached hydrogens (tertiary/aromatic N) is 1. The van der Waals surface area contributed by atoms with Crippen LogP contribution in [-0.2, 0) is 14.3 Å². The molecule has 1 N–H and O–H groups in total. The molecule has 1 heterocycles. The molecule has 20 heavy (non-hydrogen) atoms. The fourth-order valence-electron chi connectivity index (χ4n) is 2.90. The van der Waals surface area contributed by atoms with Crippen LogP contribution in [0.4, 0.5) is 4.79 Å². The first-order valence-electron chi connectivity index (χ1n) is 7.05. The van der Waals surface area contributed by atoms with E-state index in [4.69, 9.17) is 14.6 Å². The molecule has 2 fully saturated rings. The molecule has 0 aromatic heterocycles. The van der Waals surface area contributed by atoms with Gasteiger partial charge in [-0.05, 0) is 40.0 Å². The van der Waals surface area contributed by atoms with Crippen molar-refractivity contribution in [3.05, 3.63) is 0 Å². The Bertz CT molecular complexity index is 403. The van der Waals surface area contributed by atoms with Gasteiger partial charge in [0, 0.05) is 6.54 Å². The van der Waals surface area contributed by atoms with Gasteiger partial charge in [-0.25, -0.2) is 4.79 Å². The number of hydrogen-bond donors (Lipinski definition) is 1. The summed E-state index contributed by atoms with van der Waals surface area (Å²) in [6.45, 7) is 6.84. The summed E-state index contributed by atoms with van der Waals surface area (Å²) in [5.74, 6) is -1.14. The summed E-state index contributed by atoms with van der Waals surface area (Å²) in [6.07, 6.45) is 1.42. The molecule has 2 aliphatic rings. The number of carbonyl (C=O) groups excluding carboxylic acids is 1. The van der Waals surface area contributed by atoms with Crippen LogP contribution < -0.4 is 0 Å². The maximum Gasteiger partial charge on any atom is 0.410 e. The van der Waals surface area contributed by atoms with Crippen molar-refractivity contribution in [2.24, 2.45) is 5.92 Å². The zero-order valence-corrected chi connectivity index (χ0v) is 12.3. The van der Waals surface area contributed by atoms with Crippen LogP contribution in [0.15, 0.2) is 0 Å². The van der Waals surface area contributed by atoms with E-state index in [0.29, 0.717) is 39.0 Å². The van der Waals surface area contributed by atoms with Crippen LogP contribution >= 0.6 is 0 Å². The largest absolute Gasteiger partial charge is 0.481 e. The third-order valence-electron chi connectivity index (χ3n) is 3.82. The number of carboxylic acids is 1. The summed E-state index contributed by atoms with van der Waals surface area (Å²) in [5, 5.41) is 9.09. The predicted molar refractivity (Wildman–Crippen MR) is 71.5 cm³/mol. The molecule has 1 amide bonds. The number of rotatable bonds is 1. The zero-order valence-electron chi connectivity index (χ0n) is 12.3. The predicted octanol–water partition coefficient (Wildman–Crippen LogP) is 1.88. The Morgan fingerprint density at radius 1 is 1.40 bits per heavy atom. The molecule has 0 aromatic rings. The van der Waals surface area contributed by atoms with Gasteiger partial charge in [0.1, 0.15) is 5.60 Å². The third kappa shape index (κ3) is 3.42. The minimum Gasteiger partial charge on any atom is -0.481 e. The maximum absolute atomic E-state index is 12.1. The zero-order chi connectivity index (χ0) is 15.0. The number of amides is 1. The van der Waals surface area contributed by atoms with Gasteiger partial charge in [0.2, 0.25) is 0 Å². The highest BCUT2D eigenvalue weighted by molar-refractivity contribution is 5.71. The summed E-state index contributed by atoms with van der Waals surface area (Å²) >= 11 is 0. The molecule has 2 rings (SSSR count). The van der Waals surface area contributed by atoms with Crippen molar-refractivity contribution in [3.63, 3.8) is 0 Å². The van der Waals surface area contributed by atoms with Crippen LogP contribution in [0.5, 0.6) is 0 Å². The summed E-state index contributed by atoms with van der Waals surface area (Å²) in [5.41, 5.74) is -1.03. The van der Waals surface area contributed by atoms with E-state index in [0.717, 1.165) is 0 Å². The highest BCUT2D eigenvalue weighted by Gasteiger charge is 2.47. The molecule has 1 aliphatic carbocycles. The van der Waals surface area contributed by atoms with Crippen LogP contribution in [0.2, 0.25) is 0 Å². The van der Waals surface area contributed by atoms with Gasteiger partial charge in [0.25, 0.3) is 0 Å². The van der Waals surface area contributed by atoms with Gasteiger partial charge in [-0.15, -0.1) is 0 Å². The molecule has 1 spiro atoms. The number of carbonyl (C=O) groups is 2. The Hall–Kier alpha value is -1.30. The van der Waals surface area contributed by atoms with Gasteiger partial charge in [-0.2, -0.15) is 0 Å². The van der Waals surface area contributed by atoms with Crippen LogP contribution in [0.1, 0.15) is 40.0 Å². The van der Waals surface area contributed by atoms with Crippen LogP contribution in [-0.4, -0.2) is 53.0 Å². The molecule has 0 aromatic carbocycles. The van der Waals surface area contributed by atoms with Gasteiger partial charge < -0.3 is 19.5 Å². The lowest BCUT2D eigenvalue weighted by Crippen LogP contribution is -2.53. The maximum atomic E-state index is 12.1. The molecule has 2 unspecified atom stereocenters. The van der Waals surface area contributed by atoms with Gasteiger partial charge in [-0.3, -0.25) is 4.79 Å². The van der Waals surface area contributed by atoms with Crippen molar-refractivity contribution in [2.75, 3.05) is 19.7 Å². The minimum absolute atomic E-state index is 0.348. The van der Waals surface area contributed by atoms with Crippen molar-refractivity contribution in [1.29, 1.82) is 0 Å². The molecule has 6 nitrogen and oxygen atoms in total. The summed E-state index contributed by atoms with van der Waals surface area (Å²) in [4.78, 5) is 24.8. The fraction of sp³-hybridized carbons (Fsp3) is 0.857. The Morgan fingerprint density at radius 2 is 2.10 bits per heavy atom. The van der Waals surface area contributed by atoms with E-state index in [2.05, 4.69) is 0 Å². The first-order chi connectivity index (χ1) is 9.21. The second-order valence-corrected chi connectivity index (χ2v) is 6.71. The Balaban J connectivity index is 1.99. The highest BCUT2D eigenvalue weighted by atomic mass is 16.6. The summed E-state index contributed by atoms with van der Waals surface area (Å²) in [7, 11) is 0. The first kappa shape index (κ1) is 15.1. The number of carboxylic acid groups (broad SMARTS) is 1. The Labute approximate surface area is 119 Å². The van der Waals surface area contributed by atoms with Gasteiger partial charge in [0.15, 0.2) is 0 Å². The van der Waals surface area contributed by atoms with Crippen LogP contribution in [0.3, 0.4) is 0 Å². The van der Waals surface area contributed by atoms with E-state index in [9.17, 15) is 9.59 Å². The Kier molecular flexibility index (Phi) is 3.95. The molecule has 2 atom stereocenters. The van der Waals surface area contributed by atoms with Crippen LogP contribution in [0, 0.1) is 5.92 Å². The number of ether oxygens (including phenoxy) is 2. The minimum atomic E-state index is -0.778. The quantitative estimate of drug-likeness (QED) is 0.796. The average molecular weight is 285 g/mol. The van der Waals surface area contributed by atoms with E-state index in [1.165, 1.54) is 0 Å². The molecule has 0 bridgehead atoms. The van der Waals surface area contributed by atoms with Crippen molar-refractivity contribution >= 4 is 12.1 Å². The fourth-order valence-corrected chi connectivity index (χ4v) is 2.90. The smallest absolute Gasteiger partial charge is 0.410 e. The van der Waals surface area contributed by atoms with Gasteiger partial charge >= 0.3 is 12.1 Å². The van der Waals surface area contributed by atoms with Crippen molar-refractivity contribution in [1.82, 2.24) is 4.90 Å². The standard InChI is InChI=1S/C14H23NO5/c1-13(2,3)20-12(18)15-6-7-19-14(9-15)5-4-10(8-14)11(16)17/h10H,4-9H2,1-3H3,(H,16,17). The van der Waals surface area contributed by atoms with E-state index in [1.807, 2.05) is 20.8 Å². The molecule has 6 heteroatoms. The van der Waals surface area contributed by atoms with Crippen molar-refractivity contribution in [2.45, 2.75) is 51.2 Å². The number of morpholine rings is 1. The molecule has 0 radical (unpaired) electrons. The SMILES string of the molecule is CC(C)(C)OC(=O)N1CCOC2(CCC(C(=O)O)C2)C1. The van der Waals surface area contributed by atoms with Crippen molar-refractivity contribution < 1.29 is 24.2 Å². The topological polar surface area (TPSA) is 76.1 Å². The summed E-state index contributed by atoms with van der Waals surface area (Å²) in [6, 6.07) is 0. The van der Waals surface area contributed by atoms with Crippen LogP contribution in [0.25, 0.3) is 0 Å². The molecular formula is C14H23NO5. The van der Waals surface area contributed by atoms with E-state index < -0.39 is 17.2 Å². The first-order valence-corrected chi connectivity index (χ1v) is 7.05. The van der Waals surface area contributed by atoms with E-state index in [1.54, 1.807) is 4.90 Å². The number of hydrogen-bond acceptors (Lipinski definition) is 4. The lowest BCUT2D eigenvalue weighted by Gasteiger charge is -2.40. The lowest BCUT2D eigenvalue weighted by atomic mass is 9.98. The molecule has 114 valence electrons. The lowest BCUT2D eigenvalue weighted by molar-refractivity contribution is -0.143. The van der Waals surface area contributed by atoms with Gasteiger partial charge in [-0.1, -0.05) is 0 Å². The number of aliphatic carboxylic acids is 1. The molecule has 1 saturated carbocycles. The second kappa shape index (κ2) is 5.24. The summed E-state index contributed by atoms with van der Waals surface area (Å²) < 4.78 is 11.2. The van der Waals surface area contributed by atoms with E-state index >= 15 is 0 Å². The molecular weight excluding hydrogens is 262 g/mol. The molecule has 1 saturated heterocycles. The monoisotopic (exact) mass is 285 g/mol. The third-order valence-corrected chi connectivity index (χ3v) is 3.82. The van der Waals surface area contributed by atoms with Gasteiger partial charge in [0.05, 0.1) is 24.7 Å². The average Bonchev–Trinajstić information content (AvgIpc) is 2.71. The van der Waals surface area contributed by atoms with E-state index in [-0.39, 0.29) is 12.0 Å². The Morgan fingerprint density at radius 3 is 2.65 bits per heavy atom. The molecule has 1 aliphatic heterocycles. The second-order valence-electron chi connectivity index (χ2n) is 6.71. The normalized spacial score (nSPS) is 30.6. The highest BCUT2D eigenvalue weighted by Crippen LogP contribution is 2.40.